The highest BCUT2D eigenvalue weighted by Crippen LogP contribution is 2.34. The third kappa shape index (κ3) is 4.91. The van der Waals surface area contributed by atoms with Crippen LogP contribution in [0.15, 0.2) is 36.4 Å². The minimum absolute atomic E-state index is 0.620. The van der Waals surface area contributed by atoms with Crippen LogP contribution in [0.1, 0.15) is 37.3 Å². The zero-order chi connectivity index (χ0) is 17.4. The zero-order valence-corrected chi connectivity index (χ0v) is 15.7. The lowest BCUT2D eigenvalue weighted by atomic mass is 9.96. The second kappa shape index (κ2) is 9.58. The number of hydrogen-bond acceptors (Lipinski definition) is 2. The molecule has 0 amide bonds. The Labute approximate surface area is 150 Å². The molecule has 2 nitrogen and oxygen atoms in total. The van der Waals surface area contributed by atoms with Crippen molar-refractivity contribution in [3.8, 4) is 22.6 Å². The average Bonchev–Trinajstić information content (AvgIpc) is 2.58. The first kappa shape index (κ1) is 18.7. The Balaban J connectivity index is 2.26. The fraction of sp³-hybridized carbons (Fsp3) is 0.429. The second-order valence-corrected chi connectivity index (χ2v) is 6.38. The van der Waals surface area contributed by atoms with E-state index in [9.17, 15) is 0 Å². The summed E-state index contributed by atoms with van der Waals surface area (Å²) >= 11 is 5.73. The first-order chi connectivity index (χ1) is 11.7. The topological polar surface area (TPSA) is 18.5 Å². The summed E-state index contributed by atoms with van der Waals surface area (Å²) in [7, 11) is 0. The van der Waals surface area contributed by atoms with Gasteiger partial charge in [-0.05, 0) is 67.1 Å². The van der Waals surface area contributed by atoms with Gasteiger partial charge in [0.1, 0.15) is 11.5 Å². The van der Waals surface area contributed by atoms with Crippen LogP contribution in [0.2, 0.25) is 0 Å². The molecule has 0 heterocycles. The van der Waals surface area contributed by atoms with Gasteiger partial charge in [0.25, 0.3) is 0 Å². The average molecular weight is 347 g/mol. The molecule has 2 aromatic carbocycles. The van der Waals surface area contributed by atoms with Gasteiger partial charge in [0.15, 0.2) is 0 Å². The van der Waals surface area contributed by atoms with Crippen LogP contribution in [0.5, 0.6) is 11.5 Å². The molecule has 0 radical (unpaired) electrons. The molecule has 0 saturated carbocycles. The smallest absolute Gasteiger partial charge is 0.122 e. The summed E-state index contributed by atoms with van der Waals surface area (Å²) < 4.78 is 11.7. The van der Waals surface area contributed by atoms with Crippen LogP contribution in [-0.4, -0.2) is 19.1 Å². The summed E-state index contributed by atoms with van der Waals surface area (Å²) in [5.41, 5.74) is 4.78. The zero-order valence-electron chi connectivity index (χ0n) is 14.9. The van der Waals surface area contributed by atoms with Gasteiger partial charge in [-0.15, -0.1) is 11.6 Å². The highest BCUT2D eigenvalue weighted by molar-refractivity contribution is 6.17. The van der Waals surface area contributed by atoms with Crippen molar-refractivity contribution in [3.05, 3.63) is 47.5 Å². The van der Waals surface area contributed by atoms with E-state index in [1.54, 1.807) is 0 Å². The second-order valence-electron chi connectivity index (χ2n) is 6.00. The molecular weight excluding hydrogens is 320 g/mol. The molecule has 0 atom stereocenters. The van der Waals surface area contributed by atoms with Gasteiger partial charge < -0.3 is 9.47 Å². The maximum atomic E-state index is 5.87. The largest absolute Gasteiger partial charge is 0.494 e. The summed E-state index contributed by atoms with van der Waals surface area (Å²) in [5.74, 6) is 2.47. The Morgan fingerprint density at radius 3 is 2.46 bits per heavy atom. The number of unbranched alkanes of at least 4 members (excludes halogenated alkanes) is 1. The van der Waals surface area contributed by atoms with Crippen LogP contribution in [0.4, 0.5) is 0 Å². The normalized spacial score (nSPS) is 10.7. The van der Waals surface area contributed by atoms with E-state index in [2.05, 4.69) is 39.0 Å². The van der Waals surface area contributed by atoms with E-state index in [0.29, 0.717) is 12.5 Å². The van der Waals surface area contributed by atoms with Crippen molar-refractivity contribution in [1.82, 2.24) is 0 Å². The Morgan fingerprint density at radius 2 is 1.71 bits per heavy atom. The molecular formula is C21H27ClO2. The van der Waals surface area contributed by atoms with Gasteiger partial charge in [-0.3, -0.25) is 0 Å². The molecule has 0 aliphatic heterocycles. The molecule has 0 bridgehead atoms. The number of alkyl halides is 1. The van der Waals surface area contributed by atoms with Gasteiger partial charge in [-0.2, -0.15) is 0 Å². The number of rotatable bonds is 9. The summed E-state index contributed by atoms with van der Waals surface area (Å²) in [6.45, 7) is 7.82. The van der Waals surface area contributed by atoms with E-state index in [1.807, 2.05) is 18.2 Å². The predicted octanol–water partition coefficient (Wildman–Crippen LogP) is 6.16. The van der Waals surface area contributed by atoms with Gasteiger partial charge in [-0.25, -0.2) is 0 Å². The number of ether oxygens (including phenoxy) is 2. The highest BCUT2D eigenvalue weighted by atomic mass is 35.5. The number of aryl methyl sites for hydroxylation is 1. The minimum Gasteiger partial charge on any atom is -0.494 e. The first-order valence-electron chi connectivity index (χ1n) is 8.69. The van der Waals surface area contributed by atoms with Crippen molar-refractivity contribution in [2.24, 2.45) is 0 Å². The molecule has 2 aromatic rings. The molecule has 0 aliphatic rings. The molecule has 0 aliphatic carbocycles. The molecule has 0 fully saturated rings. The molecule has 0 unspecified atom stereocenters. The van der Waals surface area contributed by atoms with Crippen LogP contribution in [0.25, 0.3) is 11.1 Å². The lowest BCUT2D eigenvalue weighted by molar-refractivity contribution is 0.309. The van der Waals surface area contributed by atoms with Crippen molar-refractivity contribution in [3.63, 3.8) is 0 Å². The number of halogens is 1. The molecule has 3 heteroatoms. The summed E-state index contributed by atoms with van der Waals surface area (Å²) in [6, 6.07) is 12.5. The van der Waals surface area contributed by atoms with E-state index >= 15 is 0 Å². The molecule has 24 heavy (non-hydrogen) atoms. The quantitative estimate of drug-likeness (QED) is 0.400. The van der Waals surface area contributed by atoms with Crippen LogP contribution in [0.3, 0.4) is 0 Å². The molecule has 0 spiro atoms. The van der Waals surface area contributed by atoms with Gasteiger partial charge in [0.05, 0.1) is 13.2 Å². The van der Waals surface area contributed by atoms with Gasteiger partial charge in [0.2, 0.25) is 0 Å². The van der Waals surface area contributed by atoms with E-state index in [-0.39, 0.29) is 0 Å². The standard InChI is InChI=1S/C21H27ClO2/c1-4-5-13-23-18-11-10-16(2)20(15-18)19-8-6-9-21(17(19)3)24-14-7-12-22/h6,8-11,15H,4-5,7,12-14H2,1-3H3. The Bertz CT molecular complexity index is 652. The SMILES string of the molecule is CCCCOc1ccc(C)c(-c2cccc(OCCCCl)c2C)c1. The van der Waals surface area contributed by atoms with E-state index < -0.39 is 0 Å². The van der Waals surface area contributed by atoms with E-state index in [0.717, 1.165) is 42.9 Å². The summed E-state index contributed by atoms with van der Waals surface area (Å²) in [5, 5.41) is 0. The fourth-order valence-electron chi connectivity index (χ4n) is 2.61. The van der Waals surface area contributed by atoms with Gasteiger partial charge in [-0.1, -0.05) is 31.5 Å². The summed E-state index contributed by atoms with van der Waals surface area (Å²) in [4.78, 5) is 0. The maximum absolute atomic E-state index is 5.87. The van der Waals surface area contributed by atoms with E-state index in [1.165, 1.54) is 16.7 Å². The van der Waals surface area contributed by atoms with Crippen molar-refractivity contribution < 1.29 is 9.47 Å². The number of benzene rings is 2. The van der Waals surface area contributed by atoms with Crippen molar-refractivity contribution in [1.29, 1.82) is 0 Å². The first-order valence-corrected chi connectivity index (χ1v) is 9.23. The summed E-state index contributed by atoms with van der Waals surface area (Å²) in [6.07, 6.45) is 3.07. The Kier molecular flexibility index (Phi) is 7.45. The maximum Gasteiger partial charge on any atom is 0.122 e. The van der Waals surface area contributed by atoms with Gasteiger partial charge in [0, 0.05) is 5.88 Å². The molecule has 130 valence electrons. The third-order valence-corrected chi connectivity index (χ3v) is 4.35. The fourth-order valence-corrected chi connectivity index (χ4v) is 2.72. The predicted molar refractivity (Wildman–Crippen MR) is 103 cm³/mol. The molecule has 0 saturated heterocycles. The van der Waals surface area contributed by atoms with Crippen molar-refractivity contribution in [2.75, 3.05) is 19.1 Å². The third-order valence-electron chi connectivity index (χ3n) is 4.09. The Morgan fingerprint density at radius 1 is 0.917 bits per heavy atom. The minimum atomic E-state index is 0.620. The lowest BCUT2D eigenvalue weighted by Gasteiger charge is -2.15. The monoisotopic (exact) mass is 346 g/mol. The molecule has 0 aromatic heterocycles. The highest BCUT2D eigenvalue weighted by Gasteiger charge is 2.10. The molecule has 0 N–H and O–H groups in total. The van der Waals surface area contributed by atoms with Crippen molar-refractivity contribution in [2.45, 2.75) is 40.0 Å². The van der Waals surface area contributed by atoms with Crippen LogP contribution in [0, 0.1) is 13.8 Å². The van der Waals surface area contributed by atoms with E-state index in [4.69, 9.17) is 21.1 Å². The molecule has 2 rings (SSSR count). The van der Waals surface area contributed by atoms with Crippen molar-refractivity contribution >= 4 is 11.6 Å². The van der Waals surface area contributed by atoms with Crippen LogP contribution < -0.4 is 9.47 Å². The van der Waals surface area contributed by atoms with Crippen LogP contribution in [-0.2, 0) is 0 Å². The van der Waals surface area contributed by atoms with Gasteiger partial charge >= 0.3 is 0 Å². The van der Waals surface area contributed by atoms with Crippen LogP contribution >= 0.6 is 11.6 Å². The lowest BCUT2D eigenvalue weighted by Crippen LogP contribution is -2.01. The number of hydrogen-bond donors (Lipinski definition) is 0. The Hall–Kier alpha value is -1.67.